The smallest absolute Gasteiger partial charge is 0.306 e. The van der Waals surface area contributed by atoms with Crippen LogP contribution in [-0.4, -0.2) is 37.2 Å². The highest BCUT2D eigenvalue weighted by Crippen LogP contribution is 2.11. The van der Waals surface area contributed by atoms with E-state index in [9.17, 15) is 14.4 Å². The van der Waals surface area contributed by atoms with Gasteiger partial charge in [-0.05, 0) is 141 Å². The Morgan fingerprint density at radius 2 is 0.563 bits per heavy atom. The lowest BCUT2D eigenvalue weighted by molar-refractivity contribution is -0.167. The molecule has 0 aromatic heterocycles. The fourth-order valence-electron chi connectivity index (χ4n) is 6.86. The van der Waals surface area contributed by atoms with Gasteiger partial charge in [0.15, 0.2) is 6.10 Å². The van der Waals surface area contributed by atoms with Gasteiger partial charge in [-0.3, -0.25) is 14.4 Å². The predicted octanol–water partition coefficient (Wildman–Crippen LogP) is 19.0. The van der Waals surface area contributed by atoms with Gasteiger partial charge in [0, 0.05) is 19.3 Å². The lowest BCUT2D eigenvalue weighted by Crippen LogP contribution is -2.30. The van der Waals surface area contributed by atoms with E-state index < -0.39 is 6.10 Å². The second kappa shape index (κ2) is 57.6. The average molecular weight is 978 g/mol. The summed E-state index contributed by atoms with van der Waals surface area (Å²) in [5.74, 6) is -1.05. The number of carbonyl (C=O) groups excluding carboxylic acids is 3. The lowest BCUT2D eigenvalue weighted by atomic mass is 10.1. The first-order valence-corrected chi connectivity index (χ1v) is 28.0. The highest BCUT2D eigenvalue weighted by molar-refractivity contribution is 5.71. The van der Waals surface area contributed by atoms with Gasteiger partial charge in [0.25, 0.3) is 0 Å². The van der Waals surface area contributed by atoms with Crippen molar-refractivity contribution in [2.24, 2.45) is 0 Å². The highest BCUT2D eigenvalue weighted by atomic mass is 16.6. The Morgan fingerprint density at radius 3 is 0.901 bits per heavy atom. The topological polar surface area (TPSA) is 78.9 Å². The van der Waals surface area contributed by atoms with E-state index in [1.54, 1.807) is 0 Å². The van der Waals surface area contributed by atoms with Crippen LogP contribution in [0.4, 0.5) is 0 Å². The average Bonchev–Trinajstić information content (AvgIpc) is 3.37. The molecule has 396 valence electrons. The largest absolute Gasteiger partial charge is 0.462 e. The van der Waals surface area contributed by atoms with Gasteiger partial charge >= 0.3 is 17.9 Å². The molecule has 0 N–H and O–H groups in total. The molecule has 0 aromatic rings. The summed E-state index contributed by atoms with van der Waals surface area (Å²) in [4.78, 5) is 38.1. The molecule has 0 heterocycles. The summed E-state index contributed by atoms with van der Waals surface area (Å²) in [7, 11) is 0. The summed E-state index contributed by atoms with van der Waals surface area (Å²) in [6.07, 6.45) is 83.7. The van der Waals surface area contributed by atoms with Crippen molar-refractivity contribution in [3.8, 4) is 0 Å². The molecule has 0 aliphatic carbocycles. The fourth-order valence-corrected chi connectivity index (χ4v) is 6.86. The van der Waals surface area contributed by atoms with Crippen molar-refractivity contribution >= 4 is 17.9 Å². The second-order valence-corrected chi connectivity index (χ2v) is 17.7. The summed E-state index contributed by atoms with van der Waals surface area (Å²) in [5, 5.41) is 0. The Balaban J connectivity index is 4.62. The van der Waals surface area contributed by atoms with Crippen molar-refractivity contribution in [2.45, 2.75) is 219 Å². The van der Waals surface area contributed by atoms with Gasteiger partial charge in [-0.25, -0.2) is 0 Å². The normalized spacial score (nSPS) is 13.3. The SMILES string of the molecule is CC/C=C\C/C=C\C/C=C\C/C=C\C/C=C\CCCC(=O)O[C@@H](COC(=O)CCCCC/C=C\C/C=C\C/C=C\C/C=C\CCCCC)COC(=O)CCCCCC/C=C\C/C=C\C/C=C\C/C=C\CC. The van der Waals surface area contributed by atoms with E-state index in [4.69, 9.17) is 14.2 Å². The van der Waals surface area contributed by atoms with Crippen molar-refractivity contribution < 1.29 is 28.6 Å². The number of rotatable bonds is 48. The molecule has 0 aliphatic heterocycles. The van der Waals surface area contributed by atoms with Crippen LogP contribution < -0.4 is 0 Å². The molecule has 0 unspecified atom stereocenters. The maximum Gasteiger partial charge on any atom is 0.306 e. The maximum atomic E-state index is 12.8. The van der Waals surface area contributed by atoms with E-state index in [1.807, 2.05) is 0 Å². The molecular weight excluding hydrogens is 877 g/mol. The van der Waals surface area contributed by atoms with E-state index in [0.717, 1.165) is 141 Å². The minimum atomic E-state index is -0.840. The molecule has 0 aromatic carbocycles. The predicted molar refractivity (Wildman–Crippen MR) is 306 cm³/mol. The van der Waals surface area contributed by atoms with Crippen LogP contribution in [0.3, 0.4) is 0 Å². The molecule has 0 aliphatic rings. The number of ether oxygens (including phenoxy) is 3. The van der Waals surface area contributed by atoms with Crippen LogP contribution in [0.1, 0.15) is 213 Å². The van der Waals surface area contributed by atoms with Gasteiger partial charge < -0.3 is 14.2 Å². The van der Waals surface area contributed by atoms with Crippen LogP contribution in [0.5, 0.6) is 0 Å². The third-order valence-corrected chi connectivity index (χ3v) is 11.0. The number of hydrogen-bond donors (Lipinski definition) is 0. The van der Waals surface area contributed by atoms with Gasteiger partial charge in [0.2, 0.25) is 0 Å². The molecule has 0 spiro atoms. The van der Waals surface area contributed by atoms with Crippen molar-refractivity contribution in [3.05, 3.63) is 158 Å². The van der Waals surface area contributed by atoms with Crippen LogP contribution in [0.15, 0.2) is 158 Å². The van der Waals surface area contributed by atoms with E-state index in [2.05, 4.69) is 179 Å². The molecule has 71 heavy (non-hydrogen) atoms. The molecule has 6 nitrogen and oxygen atoms in total. The minimum Gasteiger partial charge on any atom is -0.462 e. The first-order valence-electron chi connectivity index (χ1n) is 28.0. The summed E-state index contributed by atoms with van der Waals surface area (Å²) < 4.78 is 16.8. The summed E-state index contributed by atoms with van der Waals surface area (Å²) in [6.45, 7) is 6.27. The Kier molecular flexibility index (Phi) is 53.6. The lowest BCUT2D eigenvalue weighted by Gasteiger charge is -2.18. The molecule has 0 saturated carbocycles. The van der Waals surface area contributed by atoms with Crippen molar-refractivity contribution in [3.63, 3.8) is 0 Å². The zero-order valence-electron chi connectivity index (χ0n) is 45.2. The van der Waals surface area contributed by atoms with Crippen molar-refractivity contribution in [1.82, 2.24) is 0 Å². The summed E-state index contributed by atoms with van der Waals surface area (Å²) in [6, 6.07) is 0. The molecule has 0 saturated heterocycles. The molecular formula is C65H100O6. The van der Waals surface area contributed by atoms with E-state index in [1.165, 1.54) is 25.7 Å². The van der Waals surface area contributed by atoms with Crippen LogP contribution >= 0.6 is 0 Å². The van der Waals surface area contributed by atoms with Crippen LogP contribution in [0.25, 0.3) is 0 Å². The van der Waals surface area contributed by atoms with Crippen molar-refractivity contribution in [1.29, 1.82) is 0 Å². The standard InChI is InChI=1S/C65H100O6/c1-4-7-10-13-16-19-22-25-28-31-32-35-37-40-43-46-49-52-55-58-64(67)70-61-62(71-65(68)59-56-53-50-47-44-41-38-34-30-27-24-21-18-15-12-9-6-3)60-69-63(66)57-54-51-48-45-42-39-36-33-29-26-23-20-17-14-11-8-5-2/h8-9,11-12,16-21,25-30,32,35-36,38-41,43,47,50,62H,4-7,10,13-15,22-24,31,33-34,37,42,44-46,48-49,51-61H2,1-3H3/b11-8-,12-9-,19-16-,20-17-,21-18-,28-25-,29-26-,30-27-,35-32-,39-36-,41-38-,43-40-,50-47-/t62-/m1/s1. The minimum absolute atomic E-state index is 0.131. The van der Waals surface area contributed by atoms with Gasteiger partial charge in [-0.2, -0.15) is 0 Å². The van der Waals surface area contributed by atoms with E-state index in [-0.39, 0.29) is 37.5 Å². The number of carbonyl (C=O) groups is 3. The van der Waals surface area contributed by atoms with Crippen LogP contribution in [-0.2, 0) is 28.6 Å². The monoisotopic (exact) mass is 977 g/mol. The zero-order valence-corrected chi connectivity index (χ0v) is 45.2. The molecule has 0 radical (unpaired) electrons. The Labute approximate surface area is 435 Å². The first-order chi connectivity index (χ1) is 35.0. The number of unbranched alkanes of at least 4 members (excludes halogenated alkanes) is 11. The highest BCUT2D eigenvalue weighted by Gasteiger charge is 2.19. The number of allylic oxidation sites excluding steroid dienone is 26. The second-order valence-electron chi connectivity index (χ2n) is 17.7. The van der Waals surface area contributed by atoms with Gasteiger partial charge in [0.1, 0.15) is 13.2 Å². The number of hydrogen-bond acceptors (Lipinski definition) is 6. The first kappa shape index (κ1) is 66.0. The van der Waals surface area contributed by atoms with E-state index in [0.29, 0.717) is 19.3 Å². The van der Waals surface area contributed by atoms with Crippen LogP contribution in [0.2, 0.25) is 0 Å². The van der Waals surface area contributed by atoms with Gasteiger partial charge in [-0.1, -0.05) is 211 Å². The van der Waals surface area contributed by atoms with Crippen molar-refractivity contribution in [2.75, 3.05) is 13.2 Å². The van der Waals surface area contributed by atoms with Crippen LogP contribution in [0, 0.1) is 0 Å². The number of esters is 3. The molecule has 0 fully saturated rings. The van der Waals surface area contributed by atoms with Gasteiger partial charge in [0.05, 0.1) is 0 Å². The Morgan fingerprint density at radius 1 is 0.296 bits per heavy atom. The third-order valence-electron chi connectivity index (χ3n) is 11.0. The molecule has 0 bridgehead atoms. The fraction of sp³-hybridized carbons (Fsp3) is 0.554. The molecule has 0 amide bonds. The Hall–Kier alpha value is -4.97. The quantitative estimate of drug-likeness (QED) is 0.0262. The summed E-state index contributed by atoms with van der Waals surface area (Å²) in [5.41, 5.74) is 0. The molecule has 1 atom stereocenters. The van der Waals surface area contributed by atoms with E-state index >= 15 is 0 Å². The summed E-state index contributed by atoms with van der Waals surface area (Å²) >= 11 is 0. The maximum absolute atomic E-state index is 12.8. The molecule has 0 rings (SSSR count). The molecule has 6 heteroatoms. The Bertz CT molecular complexity index is 1640. The zero-order chi connectivity index (χ0) is 51.4. The third kappa shape index (κ3) is 55.8. The van der Waals surface area contributed by atoms with Gasteiger partial charge in [-0.15, -0.1) is 0 Å².